The van der Waals surface area contributed by atoms with E-state index in [1.165, 1.54) is 62.0 Å². The Morgan fingerprint density at radius 1 is 1.14 bits per heavy atom. The molecular weight excluding hydrogens is 401 g/mol. The van der Waals surface area contributed by atoms with E-state index in [0.717, 1.165) is 11.7 Å². The number of nitrogens with one attached hydrogen (secondary N) is 1. The summed E-state index contributed by atoms with van der Waals surface area (Å²) < 4.78 is 4.89. The Morgan fingerprint density at radius 3 is 2.41 bits per heavy atom. The van der Waals surface area contributed by atoms with Crippen LogP contribution in [-0.2, 0) is 15.7 Å². The van der Waals surface area contributed by atoms with Crippen molar-refractivity contribution < 1.29 is 14.3 Å². The second kappa shape index (κ2) is 9.86. The average molecular weight is 434 g/mol. The molecule has 4 nitrogen and oxygen atoms in total. The van der Waals surface area contributed by atoms with Crippen LogP contribution < -0.4 is 5.32 Å². The van der Waals surface area contributed by atoms with Gasteiger partial charge in [-0.3, -0.25) is 0 Å². The zero-order valence-electron chi connectivity index (χ0n) is 17.6. The van der Waals surface area contributed by atoms with Crippen LogP contribution in [-0.4, -0.2) is 37.0 Å². The molecule has 1 aliphatic rings. The minimum atomic E-state index is -1.87. The van der Waals surface area contributed by atoms with Crippen LogP contribution in [0.3, 0.4) is 0 Å². The summed E-state index contributed by atoms with van der Waals surface area (Å²) in [6.07, 6.45) is 8.44. The second-order valence-electron chi connectivity index (χ2n) is 8.26. The van der Waals surface area contributed by atoms with Gasteiger partial charge in [-0.2, -0.15) is 0 Å². The van der Waals surface area contributed by atoms with E-state index in [-0.39, 0.29) is 11.6 Å². The molecule has 1 unspecified atom stereocenters. The first kappa shape index (κ1) is 22.0. The van der Waals surface area contributed by atoms with Crippen molar-refractivity contribution in [3.63, 3.8) is 0 Å². The topological polar surface area (TPSA) is 55.4 Å². The summed E-state index contributed by atoms with van der Waals surface area (Å²) in [7, 11) is -0.495. The van der Waals surface area contributed by atoms with Gasteiger partial charge in [0.2, 0.25) is 0 Å². The zero-order chi connectivity index (χ0) is 20.9. The van der Waals surface area contributed by atoms with Gasteiger partial charge in [0.15, 0.2) is 0 Å². The van der Waals surface area contributed by atoms with Crippen molar-refractivity contribution in [2.75, 3.05) is 24.8 Å². The van der Waals surface area contributed by atoms with Gasteiger partial charge in [0.05, 0.1) is 0 Å². The molecule has 0 radical (unpaired) electrons. The first-order chi connectivity index (χ1) is 14.0. The maximum absolute atomic E-state index is 13.4. The Hall–Kier alpha value is -1.71. The normalized spacial score (nSPS) is 18.3. The fraction of sp³-hybridized carbons (Fsp3) is 0.478. The molecule has 1 fully saturated rings. The predicted molar refractivity (Wildman–Crippen MR) is 125 cm³/mol. The third kappa shape index (κ3) is 5.07. The molecule has 1 atom stereocenters. The number of anilines is 1. The van der Waals surface area contributed by atoms with Crippen LogP contribution >= 0.6 is 18.6 Å². The molecule has 1 N–H and O–H groups in total. The molecule has 1 saturated heterocycles. The quantitative estimate of drug-likeness (QED) is 0.470. The van der Waals surface area contributed by atoms with Gasteiger partial charge in [-0.1, -0.05) is 0 Å². The molecule has 1 aromatic heterocycles. The van der Waals surface area contributed by atoms with Crippen LogP contribution in [0.1, 0.15) is 53.4 Å². The molecule has 6 heteroatoms. The average Bonchev–Trinajstić information content (AvgIpc) is 2.94. The van der Waals surface area contributed by atoms with Crippen LogP contribution in [0.25, 0.3) is 0 Å². The van der Waals surface area contributed by atoms with Crippen LogP contribution in [0.5, 0.6) is 0 Å². The molecule has 1 aliphatic heterocycles. The summed E-state index contributed by atoms with van der Waals surface area (Å²) in [4.78, 5) is 26.0. The van der Waals surface area contributed by atoms with E-state index in [0.29, 0.717) is 10.6 Å². The molecule has 0 bridgehead atoms. The number of ether oxygens (including phenoxy) is 1. The number of carbonyl (C=O) groups is 2. The van der Waals surface area contributed by atoms with Gasteiger partial charge >= 0.3 is 178 Å². The SMILES string of the molecule is COC(=O)c1scc(C)c1NC(=O)C(C)[PH]1(Cc2ccccc2)CCCCCC1. The number of benzene rings is 1. The van der Waals surface area contributed by atoms with Gasteiger partial charge < -0.3 is 0 Å². The summed E-state index contributed by atoms with van der Waals surface area (Å²) in [6, 6.07) is 10.6. The summed E-state index contributed by atoms with van der Waals surface area (Å²) in [5, 5.41) is 5.01. The molecular formula is C23H32NO3PS. The van der Waals surface area contributed by atoms with E-state index in [2.05, 4.69) is 42.6 Å². The summed E-state index contributed by atoms with van der Waals surface area (Å²) in [5.41, 5.74) is 2.88. The molecule has 2 aromatic rings. The molecule has 158 valence electrons. The maximum atomic E-state index is 13.4. The Bertz CT molecular complexity index is 841. The van der Waals surface area contributed by atoms with Gasteiger partial charge in [0.25, 0.3) is 0 Å². The standard InChI is InChI=1S/C23H32NO3PS/c1-17-16-29-21(23(26)27-3)20(17)24-22(25)18(2)28(13-9-4-5-10-14-28)15-19-11-7-6-8-12-19/h6-8,11-12,16,18,28H,4-5,9-10,13-15H2,1-3H3,(H,24,25). The number of thiophene rings is 1. The number of carbonyl (C=O) groups excluding carboxylic acids is 2. The van der Waals surface area contributed by atoms with E-state index in [9.17, 15) is 9.59 Å². The molecule has 3 rings (SSSR count). The zero-order valence-corrected chi connectivity index (χ0v) is 19.4. The number of hydrogen-bond acceptors (Lipinski definition) is 4. The third-order valence-corrected chi connectivity index (χ3v) is 13.4. The number of hydrogen-bond donors (Lipinski definition) is 1. The molecule has 0 saturated carbocycles. The van der Waals surface area contributed by atoms with Crippen molar-refractivity contribution in [2.24, 2.45) is 0 Å². The van der Waals surface area contributed by atoms with Crippen molar-refractivity contribution in [3.05, 3.63) is 51.7 Å². The second-order valence-corrected chi connectivity index (χ2v) is 14.1. The molecule has 1 amide bonds. The molecule has 0 aliphatic carbocycles. The van der Waals surface area contributed by atoms with Crippen molar-refractivity contribution in [3.8, 4) is 0 Å². The summed E-state index contributed by atoms with van der Waals surface area (Å²) in [5.74, 6) is -0.335. The number of aryl methyl sites for hydroxylation is 1. The van der Waals surface area contributed by atoms with E-state index in [4.69, 9.17) is 4.74 Å². The van der Waals surface area contributed by atoms with Crippen LogP contribution in [0.15, 0.2) is 35.7 Å². The van der Waals surface area contributed by atoms with Gasteiger partial charge in [0.1, 0.15) is 0 Å². The van der Waals surface area contributed by atoms with Gasteiger partial charge in [-0.25, -0.2) is 0 Å². The van der Waals surface area contributed by atoms with Crippen molar-refractivity contribution in [2.45, 2.75) is 51.4 Å². The Kier molecular flexibility index (Phi) is 7.48. The van der Waals surface area contributed by atoms with Crippen molar-refractivity contribution >= 4 is 36.2 Å². The molecule has 1 aromatic carbocycles. The van der Waals surface area contributed by atoms with E-state index in [1.807, 2.05) is 12.3 Å². The Balaban J connectivity index is 1.86. The van der Waals surface area contributed by atoms with Crippen molar-refractivity contribution in [1.82, 2.24) is 0 Å². The van der Waals surface area contributed by atoms with Gasteiger partial charge in [-0.15, -0.1) is 0 Å². The van der Waals surface area contributed by atoms with Gasteiger partial charge in [0, 0.05) is 0 Å². The Morgan fingerprint density at radius 2 is 1.79 bits per heavy atom. The first-order valence-electron chi connectivity index (χ1n) is 10.5. The predicted octanol–water partition coefficient (Wildman–Crippen LogP) is 5.69. The van der Waals surface area contributed by atoms with Crippen molar-refractivity contribution in [1.29, 1.82) is 0 Å². The minimum absolute atomic E-state index is 0.00870. The van der Waals surface area contributed by atoms with E-state index >= 15 is 0 Å². The fourth-order valence-electron chi connectivity index (χ4n) is 4.55. The first-order valence-corrected chi connectivity index (χ1v) is 14.1. The Labute approximate surface area is 178 Å². The number of amides is 1. The number of methoxy groups -OCH3 is 1. The summed E-state index contributed by atoms with van der Waals surface area (Å²) in [6.45, 7) is 4.04. The molecule has 0 spiro atoms. The number of rotatable bonds is 6. The monoisotopic (exact) mass is 433 g/mol. The summed E-state index contributed by atoms with van der Waals surface area (Å²) >= 11 is 1.33. The number of esters is 1. The fourth-order valence-corrected chi connectivity index (χ4v) is 10.8. The molecule has 2 heterocycles. The van der Waals surface area contributed by atoms with Crippen LogP contribution in [0.2, 0.25) is 0 Å². The van der Waals surface area contributed by atoms with E-state index < -0.39 is 13.2 Å². The van der Waals surface area contributed by atoms with Crippen LogP contribution in [0, 0.1) is 6.92 Å². The third-order valence-electron chi connectivity index (χ3n) is 6.40. The van der Waals surface area contributed by atoms with Gasteiger partial charge in [-0.05, 0) is 0 Å². The molecule has 29 heavy (non-hydrogen) atoms. The van der Waals surface area contributed by atoms with E-state index in [1.54, 1.807) is 0 Å². The van der Waals surface area contributed by atoms with Crippen LogP contribution in [0.4, 0.5) is 5.69 Å².